The summed E-state index contributed by atoms with van der Waals surface area (Å²) in [5.74, 6) is 0. The maximum absolute atomic E-state index is 4.59. The number of unbranched alkanes of at least 4 members (excludes halogenated alkanes) is 1. The Morgan fingerprint density at radius 3 is 1.62 bits per heavy atom. The molecule has 0 aromatic carbocycles. The number of nitrogens with zero attached hydrogens (tertiary/aromatic N) is 1. The molecule has 0 radical (unpaired) electrons. The Balaban J connectivity index is -0.0000000533. The molecule has 0 saturated carbocycles. The van der Waals surface area contributed by atoms with E-state index in [1.165, 1.54) is 12.8 Å². The Kier molecular flexibility index (Phi) is 37.0. The molecule has 0 aliphatic carbocycles. The monoisotopic (exact) mass is 339 g/mol. The third kappa shape index (κ3) is 31.5. The molecule has 0 atom stereocenters. The maximum Gasteiger partial charge on any atom is 4.00 e. The van der Waals surface area contributed by atoms with Crippen LogP contribution in [-0.4, -0.2) is 14.8 Å². The van der Waals surface area contributed by atoms with E-state index in [0.717, 1.165) is 6.54 Å². The van der Waals surface area contributed by atoms with Crippen molar-refractivity contribution in [1.29, 1.82) is 0 Å². The van der Waals surface area contributed by atoms with E-state index >= 15 is 0 Å². The van der Waals surface area contributed by atoms with Crippen molar-refractivity contribution in [2.75, 3.05) is 6.54 Å². The molecule has 0 unspecified atom stereocenters. The topological polar surface area (TPSA) is 14.1 Å². The van der Waals surface area contributed by atoms with Crippen molar-refractivity contribution in [2.24, 2.45) is 0 Å². The van der Waals surface area contributed by atoms with Crippen LogP contribution in [0.15, 0.2) is 0 Å². The quantitative estimate of drug-likeness (QED) is 0.357. The Morgan fingerprint density at radius 2 is 1.38 bits per heavy atom. The molecule has 1 nitrogen and oxygen atoms in total. The second-order valence-corrected chi connectivity index (χ2v) is 8.06. The van der Waals surface area contributed by atoms with Gasteiger partial charge < -0.3 is 42.2 Å². The smallest absolute Gasteiger partial charge is 1.00 e. The van der Waals surface area contributed by atoms with Gasteiger partial charge in [-0.15, -0.1) is 0 Å². The normalized spacial score (nSPS) is 8.31. The van der Waals surface area contributed by atoms with Crippen LogP contribution < -0.4 is 37.2 Å². The molecule has 80 valence electrons. The summed E-state index contributed by atoms with van der Waals surface area (Å²) in [5, 5.41) is 0. The van der Waals surface area contributed by atoms with Gasteiger partial charge in [-0.05, 0) is 0 Å². The van der Waals surface area contributed by atoms with Crippen LogP contribution in [0.3, 0.4) is 0 Å². The second kappa shape index (κ2) is 16.4. The fourth-order valence-electron chi connectivity index (χ4n) is 0.573. The summed E-state index contributed by atoms with van der Waals surface area (Å²) in [5.41, 5.74) is 0. The molecule has 0 fully saturated rings. The van der Waals surface area contributed by atoms with Gasteiger partial charge in [0.05, 0.1) is 0 Å². The standard InChI is InChI=1S/C7H18NSi.3ClH.Zr/c1-5-6-7-8-9(2,3)4;;;;/h5-7H2,1-4H3;3*1H;/q-1;;;;+4/p-3. The average molecular weight is 342 g/mol. The van der Waals surface area contributed by atoms with E-state index in [-0.39, 0.29) is 63.4 Å². The van der Waals surface area contributed by atoms with Crippen LogP contribution in [-0.2, 0) is 26.2 Å². The molecule has 0 N–H and O–H groups in total. The van der Waals surface area contributed by atoms with E-state index in [9.17, 15) is 0 Å². The number of halogens is 3. The van der Waals surface area contributed by atoms with E-state index < -0.39 is 8.24 Å². The van der Waals surface area contributed by atoms with Crippen LogP contribution in [0.4, 0.5) is 0 Å². The molecule has 0 aliphatic rings. The van der Waals surface area contributed by atoms with Crippen molar-refractivity contribution in [1.82, 2.24) is 0 Å². The summed E-state index contributed by atoms with van der Waals surface area (Å²) < 4.78 is 0. The summed E-state index contributed by atoms with van der Waals surface area (Å²) in [7, 11) is -1.07. The van der Waals surface area contributed by atoms with Crippen LogP contribution in [0.2, 0.25) is 19.6 Å². The van der Waals surface area contributed by atoms with Gasteiger partial charge in [0.1, 0.15) is 0 Å². The van der Waals surface area contributed by atoms with E-state index in [0.29, 0.717) is 0 Å². The van der Waals surface area contributed by atoms with Crippen LogP contribution in [0.1, 0.15) is 19.8 Å². The number of hydrogen-bond acceptors (Lipinski definition) is 0. The summed E-state index contributed by atoms with van der Waals surface area (Å²) in [6.45, 7) is 10.1. The number of hydrogen-bond donors (Lipinski definition) is 0. The molecule has 0 heterocycles. The Hall–Kier alpha value is 1.93. The van der Waals surface area contributed by atoms with Gasteiger partial charge in [0.2, 0.25) is 0 Å². The minimum atomic E-state index is -1.07. The molecule has 0 amide bonds. The SMILES string of the molecule is CCCC[N-][Si](C)(C)C.[Cl-].[Cl-].[Cl-].[Zr+4]. The molecule has 0 spiro atoms. The zero-order valence-electron chi connectivity index (χ0n) is 8.70. The molecule has 0 rings (SSSR count). The van der Waals surface area contributed by atoms with Crippen molar-refractivity contribution in [3.63, 3.8) is 0 Å². The second-order valence-electron chi connectivity index (χ2n) is 3.41. The molecule has 13 heavy (non-hydrogen) atoms. The summed E-state index contributed by atoms with van der Waals surface area (Å²) >= 11 is 0. The molecule has 0 aromatic rings. The zero-order chi connectivity index (χ0) is 7.33. The van der Waals surface area contributed by atoms with Crippen molar-refractivity contribution in [3.05, 3.63) is 4.98 Å². The van der Waals surface area contributed by atoms with Crippen molar-refractivity contribution >= 4 is 8.24 Å². The van der Waals surface area contributed by atoms with Gasteiger partial charge >= 0.3 is 26.2 Å². The molecule has 0 aliphatic heterocycles. The summed E-state index contributed by atoms with van der Waals surface area (Å²) in [4.78, 5) is 4.59. The summed E-state index contributed by atoms with van der Waals surface area (Å²) in [6, 6.07) is 0. The molecular formula is C7H18Cl3NSiZr. The van der Waals surface area contributed by atoms with Crippen LogP contribution in [0.5, 0.6) is 0 Å². The first-order valence-corrected chi connectivity index (χ1v) is 7.19. The van der Waals surface area contributed by atoms with Crippen molar-refractivity contribution in [3.8, 4) is 0 Å². The predicted octanol–water partition coefficient (Wildman–Crippen LogP) is -6.00. The van der Waals surface area contributed by atoms with Gasteiger partial charge in [-0.3, -0.25) is 0 Å². The first-order chi connectivity index (χ1) is 4.06. The first-order valence-electron chi connectivity index (χ1n) is 3.75. The molecule has 0 saturated heterocycles. The zero-order valence-corrected chi connectivity index (χ0v) is 14.4. The number of rotatable bonds is 4. The minimum absolute atomic E-state index is 0. The van der Waals surface area contributed by atoms with Gasteiger partial charge in [-0.25, -0.2) is 0 Å². The molecule has 0 aromatic heterocycles. The van der Waals surface area contributed by atoms with Gasteiger partial charge in [0.15, 0.2) is 0 Å². The Bertz CT molecular complexity index is 80.6. The fourth-order valence-corrected chi connectivity index (χ4v) is 1.40. The predicted molar refractivity (Wildman–Crippen MR) is 46.5 cm³/mol. The molecule has 0 bridgehead atoms. The van der Waals surface area contributed by atoms with Crippen LogP contribution >= 0.6 is 0 Å². The van der Waals surface area contributed by atoms with Gasteiger partial charge in [0.25, 0.3) is 0 Å². The van der Waals surface area contributed by atoms with Gasteiger partial charge in [0, 0.05) is 0 Å². The summed E-state index contributed by atoms with van der Waals surface area (Å²) in [6.07, 6.45) is 2.54. The van der Waals surface area contributed by atoms with Crippen LogP contribution in [0.25, 0.3) is 4.98 Å². The first kappa shape index (κ1) is 29.4. The van der Waals surface area contributed by atoms with Gasteiger partial charge in [-0.2, -0.15) is 6.54 Å². The van der Waals surface area contributed by atoms with Crippen LogP contribution in [0, 0.1) is 0 Å². The fraction of sp³-hybridized carbons (Fsp3) is 1.00. The van der Waals surface area contributed by atoms with Gasteiger partial charge in [-0.1, -0.05) is 47.6 Å². The average Bonchev–Trinajstić information content (AvgIpc) is 1.63. The Labute approximate surface area is 122 Å². The Morgan fingerprint density at radius 1 is 1.00 bits per heavy atom. The van der Waals surface area contributed by atoms with E-state index in [1.807, 2.05) is 0 Å². The maximum atomic E-state index is 4.59. The van der Waals surface area contributed by atoms with Crippen molar-refractivity contribution < 1.29 is 63.4 Å². The third-order valence-corrected chi connectivity index (χ3v) is 2.27. The molecule has 6 heteroatoms. The van der Waals surface area contributed by atoms with E-state index in [2.05, 4.69) is 31.5 Å². The minimum Gasteiger partial charge on any atom is -1.00 e. The van der Waals surface area contributed by atoms with E-state index in [1.54, 1.807) is 0 Å². The van der Waals surface area contributed by atoms with Crippen molar-refractivity contribution in [2.45, 2.75) is 39.4 Å². The third-order valence-electron chi connectivity index (χ3n) is 1.10. The largest absolute Gasteiger partial charge is 4.00 e. The van der Waals surface area contributed by atoms with E-state index in [4.69, 9.17) is 0 Å². The molecular weight excluding hydrogens is 324 g/mol.